The first-order valence-electron chi connectivity index (χ1n) is 6.87. The van der Waals surface area contributed by atoms with Crippen molar-refractivity contribution in [2.24, 2.45) is 0 Å². The molecule has 1 atom stereocenters. The zero-order valence-electron chi connectivity index (χ0n) is 10.9. The Labute approximate surface area is 114 Å². The predicted octanol–water partition coefficient (Wildman–Crippen LogP) is 1.32. The van der Waals surface area contributed by atoms with E-state index < -0.39 is 16.1 Å². The molecule has 1 aromatic carbocycles. The van der Waals surface area contributed by atoms with E-state index in [2.05, 4.69) is 0 Å². The summed E-state index contributed by atoms with van der Waals surface area (Å²) in [6, 6.07) is 5.49. The third-order valence-corrected chi connectivity index (χ3v) is 5.94. The van der Waals surface area contributed by atoms with Crippen molar-refractivity contribution < 1.29 is 13.5 Å². The lowest BCUT2D eigenvalue weighted by atomic mass is 9.92. The molecular formula is C14H19NO3S. The van der Waals surface area contributed by atoms with Crippen molar-refractivity contribution in [1.82, 2.24) is 4.31 Å². The predicted molar refractivity (Wildman–Crippen MR) is 72.5 cm³/mol. The van der Waals surface area contributed by atoms with E-state index in [0.29, 0.717) is 17.9 Å². The highest BCUT2D eigenvalue weighted by molar-refractivity contribution is 7.89. The van der Waals surface area contributed by atoms with Crippen LogP contribution in [0.1, 0.15) is 30.4 Å². The molecule has 0 unspecified atom stereocenters. The maximum Gasteiger partial charge on any atom is 0.243 e. The lowest BCUT2D eigenvalue weighted by molar-refractivity contribution is 0.189. The van der Waals surface area contributed by atoms with Crippen molar-refractivity contribution in [3.8, 4) is 0 Å². The number of hydrogen-bond acceptors (Lipinski definition) is 3. The Bertz CT molecular complexity index is 582. The van der Waals surface area contributed by atoms with Crippen LogP contribution in [0.4, 0.5) is 0 Å². The van der Waals surface area contributed by atoms with Gasteiger partial charge in [-0.05, 0) is 55.4 Å². The van der Waals surface area contributed by atoms with Crippen LogP contribution >= 0.6 is 0 Å². The average molecular weight is 281 g/mol. The largest absolute Gasteiger partial charge is 0.392 e. The SMILES string of the molecule is O=S(=O)(c1ccc2c(c1)CCCC2)N1CC[C@H](O)C1. The van der Waals surface area contributed by atoms with E-state index in [1.54, 1.807) is 6.07 Å². The fourth-order valence-electron chi connectivity index (χ4n) is 2.95. The number of benzene rings is 1. The minimum atomic E-state index is -3.43. The molecule has 0 bridgehead atoms. The van der Waals surface area contributed by atoms with Crippen molar-refractivity contribution in [2.75, 3.05) is 13.1 Å². The Morgan fingerprint density at radius 2 is 1.89 bits per heavy atom. The molecule has 1 aliphatic carbocycles. The number of aryl methyl sites for hydroxylation is 2. The number of fused-ring (bicyclic) bond motifs is 1. The van der Waals surface area contributed by atoms with E-state index >= 15 is 0 Å². The number of β-amino-alcohol motifs (C(OH)–C–C–N with tert-alkyl or cyclic N) is 1. The van der Waals surface area contributed by atoms with Crippen molar-refractivity contribution in [1.29, 1.82) is 0 Å². The van der Waals surface area contributed by atoms with Crippen LogP contribution in [0.25, 0.3) is 0 Å². The second-order valence-corrected chi connectivity index (χ2v) is 7.38. The first-order chi connectivity index (χ1) is 9.07. The second-order valence-electron chi connectivity index (χ2n) is 5.44. The highest BCUT2D eigenvalue weighted by Gasteiger charge is 2.31. The van der Waals surface area contributed by atoms with E-state index in [-0.39, 0.29) is 6.54 Å². The van der Waals surface area contributed by atoms with Crippen LogP contribution < -0.4 is 0 Å². The van der Waals surface area contributed by atoms with Crippen LogP contribution in [0.3, 0.4) is 0 Å². The third kappa shape index (κ3) is 2.42. The maximum absolute atomic E-state index is 12.5. The van der Waals surface area contributed by atoms with Gasteiger partial charge in [0, 0.05) is 13.1 Å². The molecular weight excluding hydrogens is 262 g/mol. The van der Waals surface area contributed by atoms with Crippen molar-refractivity contribution in [3.63, 3.8) is 0 Å². The summed E-state index contributed by atoms with van der Waals surface area (Å²) < 4.78 is 26.4. The molecule has 104 valence electrons. The fraction of sp³-hybridized carbons (Fsp3) is 0.571. The molecule has 0 amide bonds. The van der Waals surface area contributed by atoms with Crippen LogP contribution in [0, 0.1) is 0 Å². The zero-order valence-corrected chi connectivity index (χ0v) is 11.7. The molecule has 1 fully saturated rings. The average Bonchev–Trinajstić information content (AvgIpc) is 2.85. The summed E-state index contributed by atoms with van der Waals surface area (Å²) in [6.45, 7) is 0.639. The molecule has 0 saturated carbocycles. The Balaban J connectivity index is 1.93. The van der Waals surface area contributed by atoms with Gasteiger partial charge in [0.2, 0.25) is 10.0 Å². The van der Waals surface area contributed by atoms with Crippen molar-refractivity contribution in [3.05, 3.63) is 29.3 Å². The van der Waals surface area contributed by atoms with Gasteiger partial charge >= 0.3 is 0 Å². The van der Waals surface area contributed by atoms with Gasteiger partial charge in [-0.15, -0.1) is 0 Å². The summed E-state index contributed by atoms with van der Waals surface area (Å²) in [5.41, 5.74) is 2.46. The van der Waals surface area contributed by atoms with E-state index in [1.807, 2.05) is 12.1 Å². The fourth-order valence-corrected chi connectivity index (χ4v) is 4.49. The number of aliphatic hydroxyl groups is 1. The van der Waals surface area contributed by atoms with E-state index in [1.165, 1.54) is 21.9 Å². The van der Waals surface area contributed by atoms with E-state index in [0.717, 1.165) is 19.3 Å². The summed E-state index contributed by atoms with van der Waals surface area (Å²) in [5.74, 6) is 0. The quantitative estimate of drug-likeness (QED) is 0.889. The van der Waals surface area contributed by atoms with Crippen LogP contribution in [-0.2, 0) is 22.9 Å². The molecule has 0 spiro atoms. The zero-order chi connectivity index (χ0) is 13.5. The van der Waals surface area contributed by atoms with Gasteiger partial charge < -0.3 is 5.11 Å². The maximum atomic E-state index is 12.5. The molecule has 1 saturated heterocycles. The van der Waals surface area contributed by atoms with Crippen LogP contribution in [0.2, 0.25) is 0 Å². The molecule has 0 aromatic heterocycles. The molecule has 1 aliphatic heterocycles. The minimum Gasteiger partial charge on any atom is -0.392 e. The Kier molecular flexibility index (Phi) is 3.37. The molecule has 2 aliphatic rings. The highest BCUT2D eigenvalue weighted by Crippen LogP contribution is 2.27. The van der Waals surface area contributed by atoms with Gasteiger partial charge in [0.05, 0.1) is 11.0 Å². The Morgan fingerprint density at radius 1 is 1.16 bits per heavy atom. The summed E-state index contributed by atoms with van der Waals surface area (Å²) in [4.78, 5) is 0.377. The van der Waals surface area contributed by atoms with Crippen molar-refractivity contribution >= 4 is 10.0 Å². The van der Waals surface area contributed by atoms with Gasteiger partial charge in [-0.2, -0.15) is 4.31 Å². The monoisotopic (exact) mass is 281 g/mol. The number of sulfonamides is 1. The molecule has 4 nitrogen and oxygen atoms in total. The Morgan fingerprint density at radius 3 is 2.58 bits per heavy atom. The first-order valence-corrected chi connectivity index (χ1v) is 8.31. The van der Waals surface area contributed by atoms with Gasteiger partial charge in [-0.25, -0.2) is 8.42 Å². The van der Waals surface area contributed by atoms with Gasteiger partial charge in [0.25, 0.3) is 0 Å². The highest BCUT2D eigenvalue weighted by atomic mass is 32.2. The topological polar surface area (TPSA) is 57.6 Å². The summed E-state index contributed by atoms with van der Waals surface area (Å²) in [7, 11) is -3.43. The lowest BCUT2D eigenvalue weighted by Gasteiger charge is -2.19. The number of rotatable bonds is 2. The van der Waals surface area contributed by atoms with Gasteiger partial charge in [0.15, 0.2) is 0 Å². The minimum absolute atomic E-state index is 0.222. The molecule has 5 heteroatoms. The standard InChI is InChI=1S/C14H19NO3S/c16-13-7-8-15(10-13)19(17,18)14-6-5-11-3-1-2-4-12(11)9-14/h5-6,9,13,16H,1-4,7-8,10H2/t13-/m0/s1. The Hall–Kier alpha value is -0.910. The van der Waals surface area contributed by atoms with Gasteiger partial charge in [-0.3, -0.25) is 0 Å². The second kappa shape index (κ2) is 4.89. The van der Waals surface area contributed by atoms with Gasteiger partial charge in [0.1, 0.15) is 0 Å². The first kappa shape index (κ1) is 13.1. The van der Waals surface area contributed by atoms with Crippen molar-refractivity contribution in [2.45, 2.75) is 43.1 Å². The molecule has 1 N–H and O–H groups in total. The number of nitrogens with zero attached hydrogens (tertiary/aromatic N) is 1. The lowest BCUT2D eigenvalue weighted by Crippen LogP contribution is -2.29. The molecule has 3 rings (SSSR count). The van der Waals surface area contributed by atoms with Gasteiger partial charge in [-0.1, -0.05) is 6.07 Å². The summed E-state index contributed by atoms with van der Waals surface area (Å²) in [5, 5.41) is 9.50. The van der Waals surface area contributed by atoms with Crippen LogP contribution in [0.15, 0.2) is 23.1 Å². The molecule has 1 heterocycles. The van der Waals surface area contributed by atoms with E-state index in [9.17, 15) is 13.5 Å². The summed E-state index contributed by atoms with van der Waals surface area (Å²) >= 11 is 0. The van der Waals surface area contributed by atoms with E-state index in [4.69, 9.17) is 0 Å². The molecule has 1 aromatic rings. The summed E-state index contributed by atoms with van der Waals surface area (Å²) in [6.07, 6.45) is 4.37. The third-order valence-electron chi connectivity index (χ3n) is 4.08. The molecule has 0 radical (unpaired) electrons. The smallest absolute Gasteiger partial charge is 0.243 e. The van der Waals surface area contributed by atoms with Crippen LogP contribution in [-0.4, -0.2) is 37.0 Å². The normalized spacial score (nSPS) is 24.4. The molecule has 19 heavy (non-hydrogen) atoms. The number of aliphatic hydroxyl groups excluding tert-OH is 1. The van der Waals surface area contributed by atoms with Crippen LogP contribution in [0.5, 0.6) is 0 Å². The number of hydrogen-bond donors (Lipinski definition) is 1.